The molecule has 0 saturated heterocycles. The van der Waals surface area contributed by atoms with Crippen LogP contribution < -0.4 is 10.1 Å². The number of amides is 1. The number of anilines is 1. The van der Waals surface area contributed by atoms with Gasteiger partial charge in [0.15, 0.2) is 5.13 Å². The van der Waals surface area contributed by atoms with Gasteiger partial charge in [0, 0.05) is 16.5 Å². The molecule has 2 aromatic carbocycles. The molecular formula is C21H20N2O2S. The van der Waals surface area contributed by atoms with E-state index in [0.717, 1.165) is 23.4 Å². The highest BCUT2D eigenvalue weighted by Crippen LogP contribution is 2.29. The predicted molar refractivity (Wildman–Crippen MR) is 105 cm³/mol. The van der Waals surface area contributed by atoms with Crippen LogP contribution in [0, 0.1) is 0 Å². The number of thiazole rings is 1. The fourth-order valence-corrected chi connectivity index (χ4v) is 3.98. The van der Waals surface area contributed by atoms with E-state index in [4.69, 9.17) is 4.74 Å². The molecule has 4 rings (SSSR count). The normalized spacial score (nSPS) is 13.1. The molecule has 0 fully saturated rings. The molecule has 0 saturated carbocycles. The van der Waals surface area contributed by atoms with Crippen molar-refractivity contribution in [2.45, 2.75) is 25.7 Å². The van der Waals surface area contributed by atoms with E-state index < -0.39 is 0 Å². The number of fused-ring (bicyclic) bond motifs is 1. The zero-order valence-corrected chi connectivity index (χ0v) is 15.4. The second-order valence-electron chi connectivity index (χ2n) is 6.41. The Hall–Kier alpha value is -2.66. The van der Waals surface area contributed by atoms with Crippen LogP contribution in [0.25, 0.3) is 11.3 Å². The molecule has 0 unspecified atom stereocenters. The molecule has 0 bridgehead atoms. The van der Waals surface area contributed by atoms with Crippen LogP contribution in [0.2, 0.25) is 0 Å². The van der Waals surface area contributed by atoms with Crippen molar-refractivity contribution in [1.82, 2.24) is 4.98 Å². The SMILES string of the molecule is COc1ccc(C(=O)Nc2nc(-c3ccc4c(c3)CCCC4)cs2)cc1. The predicted octanol–water partition coefficient (Wildman–Crippen LogP) is 4.95. The summed E-state index contributed by atoms with van der Waals surface area (Å²) in [6, 6.07) is 13.6. The molecule has 1 N–H and O–H groups in total. The van der Waals surface area contributed by atoms with E-state index in [1.165, 1.54) is 41.7 Å². The molecule has 1 amide bonds. The van der Waals surface area contributed by atoms with Gasteiger partial charge in [-0.15, -0.1) is 11.3 Å². The Morgan fingerprint density at radius 1 is 1.08 bits per heavy atom. The third kappa shape index (κ3) is 3.48. The van der Waals surface area contributed by atoms with Crippen LogP contribution in [0.3, 0.4) is 0 Å². The van der Waals surface area contributed by atoms with E-state index in [1.807, 2.05) is 5.38 Å². The van der Waals surface area contributed by atoms with Gasteiger partial charge in [0.25, 0.3) is 5.91 Å². The Balaban J connectivity index is 1.50. The quantitative estimate of drug-likeness (QED) is 0.713. The smallest absolute Gasteiger partial charge is 0.257 e. The fourth-order valence-electron chi connectivity index (χ4n) is 3.27. The summed E-state index contributed by atoms with van der Waals surface area (Å²) in [5, 5.41) is 5.48. The van der Waals surface area contributed by atoms with Crippen molar-refractivity contribution in [2.24, 2.45) is 0 Å². The van der Waals surface area contributed by atoms with Gasteiger partial charge in [-0.3, -0.25) is 10.1 Å². The third-order valence-corrected chi connectivity index (χ3v) is 5.48. The second kappa shape index (κ2) is 7.30. The number of rotatable bonds is 4. The van der Waals surface area contributed by atoms with Crippen molar-refractivity contribution in [3.05, 3.63) is 64.5 Å². The number of aromatic nitrogens is 1. The fraction of sp³-hybridized carbons (Fsp3) is 0.238. The van der Waals surface area contributed by atoms with Gasteiger partial charge in [0.1, 0.15) is 5.75 Å². The van der Waals surface area contributed by atoms with Crippen LogP contribution in [-0.4, -0.2) is 18.0 Å². The van der Waals surface area contributed by atoms with Crippen molar-refractivity contribution in [3.8, 4) is 17.0 Å². The lowest BCUT2D eigenvalue weighted by Crippen LogP contribution is -2.11. The van der Waals surface area contributed by atoms with Crippen LogP contribution in [0.4, 0.5) is 5.13 Å². The molecule has 5 heteroatoms. The van der Waals surface area contributed by atoms with E-state index in [1.54, 1.807) is 31.4 Å². The van der Waals surface area contributed by atoms with Gasteiger partial charge < -0.3 is 4.74 Å². The van der Waals surface area contributed by atoms with Gasteiger partial charge in [-0.2, -0.15) is 0 Å². The Kier molecular flexibility index (Phi) is 4.71. The van der Waals surface area contributed by atoms with E-state index in [0.29, 0.717) is 10.7 Å². The number of carbonyl (C=O) groups is 1. The van der Waals surface area contributed by atoms with Gasteiger partial charge in [0.05, 0.1) is 12.8 Å². The minimum Gasteiger partial charge on any atom is -0.497 e. The average molecular weight is 364 g/mol. The lowest BCUT2D eigenvalue weighted by molar-refractivity contribution is 0.102. The van der Waals surface area contributed by atoms with Crippen molar-refractivity contribution < 1.29 is 9.53 Å². The molecule has 1 aliphatic carbocycles. The highest BCUT2D eigenvalue weighted by Gasteiger charge is 2.13. The minimum absolute atomic E-state index is 0.168. The first-order chi connectivity index (χ1) is 12.7. The highest BCUT2D eigenvalue weighted by atomic mass is 32.1. The standard InChI is InChI=1S/C21H20N2O2S/c1-25-18-10-8-15(9-11-18)20(24)23-21-22-19(13-26-21)17-7-6-14-4-2-3-5-16(14)12-17/h6-13H,2-5H2,1H3,(H,22,23,24). The lowest BCUT2D eigenvalue weighted by atomic mass is 9.90. The van der Waals surface area contributed by atoms with Crippen LogP contribution >= 0.6 is 11.3 Å². The topological polar surface area (TPSA) is 51.2 Å². The van der Waals surface area contributed by atoms with E-state index >= 15 is 0 Å². The summed E-state index contributed by atoms with van der Waals surface area (Å²) in [6.07, 6.45) is 4.87. The van der Waals surface area contributed by atoms with E-state index in [2.05, 4.69) is 28.5 Å². The van der Waals surface area contributed by atoms with Gasteiger partial charge in [0.2, 0.25) is 0 Å². The summed E-state index contributed by atoms with van der Waals surface area (Å²) < 4.78 is 5.12. The molecule has 4 nitrogen and oxygen atoms in total. The monoisotopic (exact) mass is 364 g/mol. The first kappa shape index (κ1) is 16.8. The van der Waals surface area contributed by atoms with Crippen molar-refractivity contribution in [1.29, 1.82) is 0 Å². The summed E-state index contributed by atoms with van der Waals surface area (Å²) >= 11 is 1.44. The molecule has 1 aliphatic rings. The van der Waals surface area contributed by atoms with E-state index in [-0.39, 0.29) is 5.91 Å². The Morgan fingerprint density at radius 3 is 2.62 bits per heavy atom. The molecule has 0 atom stereocenters. The molecule has 1 heterocycles. The minimum atomic E-state index is -0.168. The molecule has 26 heavy (non-hydrogen) atoms. The summed E-state index contributed by atoms with van der Waals surface area (Å²) in [4.78, 5) is 17.0. The number of ether oxygens (including phenoxy) is 1. The Labute approximate surface area is 156 Å². The third-order valence-electron chi connectivity index (χ3n) is 4.72. The molecule has 0 aliphatic heterocycles. The molecule has 0 radical (unpaired) electrons. The number of nitrogens with zero attached hydrogens (tertiary/aromatic N) is 1. The number of carbonyl (C=O) groups excluding carboxylic acids is 1. The second-order valence-corrected chi connectivity index (χ2v) is 7.27. The molecule has 1 aromatic heterocycles. The summed E-state index contributed by atoms with van der Waals surface area (Å²) in [6.45, 7) is 0. The Bertz CT molecular complexity index is 931. The first-order valence-electron chi connectivity index (χ1n) is 8.76. The largest absolute Gasteiger partial charge is 0.497 e. The summed E-state index contributed by atoms with van der Waals surface area (Å²) in [5.74, 6) is 0.560. The van der Waals surface area contributed by atoms with Crippen LogP contribution in [0.1, 0.15) is 34.3 Å². The number of methoxy groups -OCH3 is 1. The first-order valence-corrected chi connectivity index (χ1v) is 9.64. The molecular weight excluding hydrogens is 344 g/mol. The molecule has 132 valence electrons. The van der Waals surface area contributed by atoms with Crippen LogP contribution in [-0.2, 0) is 12.8 Å². The number of nitrogens with one attached hydrogen (secondary N) is 1. The number of benzene rings is 2. The van der Waals surface area contributed by atoms with Crippen molar-refractivity contribution >= 4 is 22.4 Å². The number of hydrogen-bond donors (Lipinski definition) is 1. The molecule has 3 aromatic rings. The summed E-state index contributed by atoms with van der Waals surface area (Å²) in [5.41, 5.74) is 5.51. The maximum absolute atomic E-state index is 12.4. The zero-order valence-electron chi connectivity index (χ0n) is 14.6. The van der Waals surface area contributed by atoms with Crippen LogP contribution in [0.5, 0.6) is 5.75 Å². The van der Waals surface area contributed by atoms with Crippen LogP contribution in [0.15, 0.2) is 47.8 Å². The summed E-state index contributed by atoms with van der Waals surface area (Å²) in [7, 11) is 1.60. The van der Waals surface area contributed by atoms with Crippen molar-refractivity contribution in [3.63, 3.8) is 0 Å². The maximum Gasteiger partial charge on any atom is 0.257 e. The van der Waals surface area contributed by atoms with Gasteiger partial charge in [-0.1, -0.05) is 12.1 Å². The molecule has 0 spiro atoms. The van der Waals surface area contributed by atoms with Gasteiger partial charge in [-0.25, -0.2) is 4.98 Å². The Morgan fingerprint density at radius 2 is 1.85 bits per heavy atom. The van der Waals surface area contributed by atoms with Gasteiger partial charge >= 0.3 is 0 Å². The highest BCUT2D eigenvalue weighted by molar-refractivity contribution is 7.14. The number of hydrogen-bond acceptors (Lipinski definition) is 4. The van der Waals surface area contributed by atoms with Gasteiger partial charge in [-0.05, 0) is 67.1 Å². The average Bonchev–Trinajstić information content (AvgIpc) is 3.16. The van der Waals surface area contributed by atoms with E-state index in [9.17, 15) is 4.79 Å². The maximum atomic E-state index is 12.4. The number of aryl methyl sites for hydroxylation is 2. The van der Waals surface area contributed by atoms with Crippen molar-refractivity contribution in [2.75, 3.05) is 12.4 Å². The lowest BCUT2D eigenvalue weighted by Gasteiger charge is -2.16. The zero-order chi connectivity index (χ0) is 17.9.